The molecule has 3 heterocycles. The smallest absolute Gasteiger partial charge is 0.250 e. The number of fused-ring (bicyclic) bond motifs is 1. The van der Waals surface area contributed by atoms with Gasteiger partial charge in [-0.3, -0.25) is 4.79 Å². The molecule has 4 rings (SSSR count). The molecule has 1 atom stereocenters. The molecule has 0 radical (unpaired) electrons. The molecule has 0 saturated heterocycles. The van der Waals surface area contributed by atoms with Gasteiger partial charge >= 0.3 is 0 Å². The molecule has 1 aliphatic heterocycles. The number of amides is 1. The molecular formula is C17H20FN5O2. The highest BCUT2D eigenvalue weighted by Gasteiger charge is 2.34. The highest BCUT2D eigenvalue weighted by atomic mass is 19.1. The highest BCUT2D eigenvalue weighted by Crippen LogP contribution is 2.34. The van der Waals surface area contributed by atoms with Gasteiger partial charge in [-0.2, -0.15) is 0 Å². The first-order chi connectivity index (χ1) is 12.1. The van der Waals surface area contributed by atoms with Crippen LogP contribution < -0.4 is 4.74 Å². The van der Waals surface area contributed by atoms with Crippen molar-refractivity contribution in [2.45, 2.75) is 45.4 Å². The fourth-order valence-electron chi connectivity index (χ4n) is 3.19. The predicted octanol–water partition coefficient (Wildman–Crippen LogP) is 2.09. The molecule has 0 spiro atoms. The van der Waals surface area contributed by atoms with Crippen molar-refractivity contribution in [3.05, 3.63) is 35.8 Å². The van der Waals surface area contributed by atoms with Gasteiger partial charge in [-0.05, 0) is 37.8 Å². The van der Waals surface area contributed by atoms with E-state index in [1.54, 1.807) is 0 Å². The molecule has 1 saturated carbocycles. The fraction of sp³-hybridized carbons (Fsp3) is 0.529. The quantitative estimate of drug-likeness (QED) is 0.830. The number of nitrogens with zero attached hydrogens (tertiary/aromatic N) is 5. The third-order valence-electron chi connectivity index (χ3n) is 4.80. The molecule has 2 aromatic heterocycles. The van der Waals surface area contributed by atoms with Crippen LogP contribution in [0.4, 0.5) is 4.39 Å². The molecule has 0 bridgehead atoms. The number of carbonyl (C=O) groups excluding carboxylic acids is 1. The number of pyridine rings is 1. The number of hydrogen-bond donors (Lipinski definition) is 0. The second-order valence-electron chi connectivity index (χ2n) is 6.62. The van der Waals surface area contributed by atoms with Gasteiger partial charge in [0.05, 0.1) is 6.04 Å². The molecule has 1 fully saturated rings. The van der Waals surface area contributed by atoms with Crippen LogP contribution in [0.15, 0.2) is 18.3 Å². The van der Waals surface area contributed by atoms with Crippen molar-refractivity contribution in [3.63, 3.8) is 0 Å². The summed E-state index contributed by atoms with van der Waals surface area (Å²) in [6.07, 6.45) is 4.43. The van der Waals surface area contributed by atoms with Crippen LogP contribution in [0.1, 0.15) is 43.9 Å². The van der Waals surface area contributed by atoms with Crippen molar-refractivity contribution in [1.29, 1.82) is 0 Å². The Balaban J connectivity index is 1.45. The normalized spacial score (nSPS) is 19.6. The van der Waals surface area contributed by atoms with Crippen LogP contribution in [0, 0.1) is 11.7 Å². The highest BCUT2D eigenvalue weighted by molar-refractivity contribution is 5.77. The van der Waals surface area contributed by atoms with Crippen molar-refractivity contribution < 1.29 is 13.9 Å². The number of halogens is 1. The lowest BCUT2D eigenvalue weighted by Gasteiger charge is -2.33. The Morgan fingerprint density at radius 3 is 2.96 bits per heavy atom. The third kappa shape index (κ3) is 3.20. The fourth-order valence-corrected chi connectivity index (χ4v) is 3.19. The molecule has 0 N–H and O–H groups in total. The summed E-state index contributed by atoms with van der Waals surface area (Å²) in [5.74, 6) is 1.56. The van der Waals surface area contributed by atoms with E-state index >= 15 is 0 Å². The van der Waals surface area contributed by atoms with E-state index in [9.17, 15) is 9.18 Å². The molecule has 0 aromatic carbocycles. The Morgan fingerprint density at radius 2 is 2.20 bits per heavy atom. The van der Waals surface area contributed by atoms with Crippen molar-refractivity contribution >= 4 is 5.91 Å². The number of ether oxygens (including phenoxy) is 1. The van der Waals surface area contributed by atoms with Crippen molar-refractivity contribution in [3.8, 4) is 5.88 Å². The first kappa shape index (κ1) is 16.0. The summed E-state index contributed by atoms with van der Waals surface area (Å²) in [6, 6.07) is 2.69. The molecule has 1 aliphatic carbocycles. The van der Waals surface area contributed by atoms with Gasteiger partial charge in [0.15, 0.2) is 17.5 Å². The average Bonchev–Trinajstić information content (AvgIpc) is 3.31. The molecule has 2 aliphatic rings. The van der Waals surface area contributed by atoms with E-state index in [2.05, 4.69) is 15.2 Å². The minimum absolute atomic E-state index is 0.0510. The van der Waals surface area contributed by atoms with Gasteiger partial charge < -0.3 is 14.2 Å². The van der Waals surface area contributed by atoms with Gasteiger partial charge in [0.25, 0.3) is 5.88 Å². The molecule has 2 aromatic rings. The average molecular weight is 345 g/mol. The summed E-state index contributed by atoms with van der Waals surface area (Å²) >= 11 is 0. The van der Waals surface area contributed by atoms with Crippen molar-refractivity contribution in [1.82, 2.24) is 24.6 Å². The molecule has 1 amide bonds. The van der Waals surface area contributed by atoms with E-state index in [0.717, 1.165) is 18.7 Å². The number of aromatic nitrogens is 4. The largest absolute Gasteiger partial charge is 0.467 e. The predicted molar refractivity (Wildman–Crippen MR) is 86.0 cm³/mol. The topological polar surface area (TPSA) is 73.1 Å². The molecule has 8 heteroatoms. The monoisotopic (exact) mass is 345 g/mol. The molecule has 0 unspecified atom stereocenters. The summed E-state index contributed by atoms with van der Waals surface area (Å²) in [4.78, 5) is 18.2. The van der Waals surface area contributed by atoms with E-state index in [0.29, 0.717) is 31.3 Å². The van der Waals surface area contributed by atoms with Crippen LogP contribution in [0.2, 0.25) is 0 Å². The summed E-state index contributed by atoms with van der Waals surface area (Å²) in [5.41, 5.74) is 0. The Kier molecular flexibility index (Phi) is 4.10. The summed E-state index contributed by atoms with van der Waals surface area (Å²) in [5, 5.41) is 8.38. The van der Waals surface area contributed by atoms with Gasteiger partial charge in [-0.1, -0.05) is 0 Å². The zero-order valence-corrected chi connectivity index (χ0v) is 14.1. The zero-order chi connectivity index (χ0) is 17.4. The number of hydrogen-bond acceptors (Lipinski definition) is 5. The summed E-state index contributed by atoms with van der Waals surface area (Å²) in [7, 11) is 0. The maximum atomic E-state index is 13.6. The van der Waals surface area contributed by atoms with Crippen LogP contribution in [0.3, 0.4) is 0 Å². The Hall–Kier alpha value is -2.51. The first-order valence-electron chi connectivity index (χ1n) is 8.58. The van der Waals surface area contributed by atoms with E-state index in [1.807, 2.05) is 16.4 Å². The van der Waals surface area contributed by atoms with Crippen LogP contribution in [-0.4, -0.2) is 37.1 Å². The van der Waals surface area contributed by atoms with Crippen LogP contribution in [0.5, 0.6) is 5.88 Å². The second kappa shape index (κ2) is 6.42. The number of rotatable bonds is 5. The second-order valence-corrected chi connectivity index (χ2v) is 6.62. The SMILES string of the molecule is C[C@H]1c2nnc(COc3ncccc3F)n2CCN1C(=O)CC1CC1. The van der Waals surface area contributed by atoms with Gasteiger partial charge in [0, 0.05) is 25.7 Å². The van der Waals surface area contributed by atoms with Gasteiger partial charge in [-0.25, -0.2) is 9.37 Å². The van der Waals surface area contributed by atoms with E-state index in [1.165, 1.54) is 18.3 Å². The Labute approximate surface area is 144 Å². The first-order valence-corrected chi connectivity index (χ1v) is 8.58. The lowest BCUT2D eigenvalue weighted by Crippen LogP contribution is -2.41. The third-order valence-corrected chi connectivity index (χ3v) is 4.80. The Morgan fingerprint density at radius 1 is 1.36 bits per heavy atom. The summed E-state index contributed by atoms with van der Waals surface area (Å²) in [6.45, 7) is 3.30. The Bertz CT molecular complexity index is 789. The minimum atomic E-state index is -0.508. The molecule has 25 heavy (non-hydrogen) atoms. The summed E-state index contributed by atoms with van der Waals surface area (Å²) < 4.78 is 21.0. The van der Waals surface area contributed by atoms with Crippen molar-refractivity contribution in [2.24, 2.45) is 5.92 Å². The van der Waals surface area contributed by atoms with Crippen LogP contribution in [0.25, 0.3) is 0 Å². The lowest BCUT2D eigenvalue weighted by atomic mass is 10.1. The minimum Gasteiger partial charge on any atom is -0.467 e. The van der Waals surface area contributed by atoms with E-state index in [-0.39, 0.29) is 24.4 Å². The van der Waals surface area contributed by atoms with Crippen molar-refractivity contribution in [2.75, 3.05) is 6.54 Å². The van der Waals surface area contributed by atoms with Crippen LogP contribution >= 0.6 is 0 Å². The van der Waals surface area contributed by atoms with E-state index in [4.69, 9.17) is 4.74 Å². The lowest BCUT2D eigenvalue weighted by molar-refractivity contribution is -0.134. The maximum absolute atomic E-state index is 13.6. The molecular weight excluding hydrogens is 325 g/mol. The molecule has 7 nitrogen and oxygen atoms in total. The van der Waals surface area contributed by atoms with Gasteiger partial charge in [0.2, 0.25) is 5.91 Å². The standard InChI is InChI=1S/C17H20FN5O2/c1-11-16-21-20-14(10-25-17-13(18)3-2-6-19-17)23(16)8-7-22(11)15(24)9-12-4-5-12/h2-3,6,11-12H,4-5,7-10H2,1H3/t11-/m0/s1. The zero-order valence-electron chi connectivity index (χ0n) is 14.1. The van der Waals surface area contributed by atoms with Crippen LogP contribution in [-0.2, 0) is 17.9 Å². The van der Waals surface area contributed by atoms with Gasteiger partial charge in [0.1, 0.15) is 6.61 Å². The number of carbonyl (C=O) groups is 1. The maximum Gasteiger partial charge on any atom is 0.250 e. The van der Waals surface area contributed by atoms with Gasteiger partial charge in [-0.15, -0.1) is 10.2 Å². The molecule has 132 valence electrons. The van der Waals surface area contributed by atoms with E-state index < -0.39 is 5.82 Å².